The van der Waals surface area contributed by atoms with Gasteiger partial charge in [0.15, 0.2) is 0 Å². The lowest BCUT2D eigenvalue weighted by atomic mass is 9.97. The van der Waals surface area contributed by atoms with Gasteiger partial charge in [0.1, 0.15) is 0 Å². The van der Waals surface area contributed by atoms with E-state index in [2.05, 4.69) is 41.8 Å². The molecule has 1 heterocycles. The highest BCUT2D eigenvalue weighted by molar-refractivity contribution is 5.74. The summed E-state index contributed by atoms with van der Waals surface area (Å²) in [5.41, 5.74) is 1.19. The van der Waals surface area contributed by atoms with Crippen molar-refractivity contribution in [1.82, 2.24) is 15.5 Å². The molecule has 132 valence electrons. The Morgan fingerprint density at radius 3 is 2.42 bits per heavy atom. The van der Waals surface area contributed by atoms with Gasteiger partial charge >= 0.3 is 6.03 Å². The van der Waals surface area contributed by atoms with Crippen LogP contribution in [0.2, 0.25) is 0 Å². The van der Waals surface area contributed by atoms with E-state index >= 15 is 0 Å². The SMILES string of the molecule is CN(C)[C@@H]1CC[C@H](NC(=O)N[C@H]2CCO[C@H](c3ccccc3)C2)C1. The molecular weight excluding hydrogens is 302 g/mol. The predicted molar refractivity (Wildman–Crippen MR) is 94.9 cm³/mol. The standard InChI is InChI=1S/C19H29N3O2/c1-22(2)17-9-8-15(12-17)20-19(23)21-16-10-11-24-18(13-16)14-6-4-3-5-7-14/h3-7,15-18H,8-13H2,1-2H3,(H2,20,21,23)/t15-,16-,17+,18-/m0/s1. The monoisotopic (exact) mass is 331 g/mol. The summed E-state index contributed by atoms with van der Waals surface area (Å²) in [6, 6.07) is 11.3. The van der Waals surface area contributed by atoms with E-state index in [4.69, 9.17) is 4.74 Å². The van der Waals surface area contributed by atoms with Gasteiger partial charge in [0.2, 0.25) is 0 Å². The van der Waals surface area contributed by atoms with E-state index in [0.717, 1.165) is 32.1 Å². The number of rotatable bonds is 4. The fraction of sp³-hybridized carbons (Fsp3) is 0.632. The van der Waals surface area contributed by atoms with Crippen LogP contribution < -0.4 is 10.6 Å². The summed E-state index contributed by atoms with van der Waals surface area (Å²) in [6.07, 6.45) is 5.06. The van der Waals surface area contributed by atoms with Crippen molar-refractivity contribution in [2.24, 2.45) is 0 Å². The lowest BCUT2D eigenvalue weighted by molar-refractivity contribution is 0.00221. The molecule has 1 aliphatic carbocycles. The number of carbonyl (C=O) groups excluding carboxylic acids is 1. The molecule has 2 aliphatic rings. The lowest BCUT2D eigenvalue weighted by Gasteiger charge is -2.30. The molecule has 5 heteroatoms. The van der Waals surface area contributed by atoms with Crippen LogP contribution in [0.15, 0.2) is 30.3 Å². The van der Waals surface area contributed by atoms with Crippen molar-refractivity contribution in [3.63, 3.8) is 0 Å². The lowest BCUT2D eigenvalue weighted by Crippen LogP contribution is -2.47. The highest BCUT2D eigenvalue weighted by Gasteiger charge is 2.29. The first-order valence-corrected chi connectivity index (χ1v) is 9.02. The fourth-order valence-corrected chi connectivity index (χ4v) is 3.80. The first-order valence-electron chi connectivity index (χ1n) is 9.02. The maximum Gasteiger partial charge on any atom is 0.315 e. The van der Waals surface area contributed by atoms with Crippen LogP contribution in [0.4, 0.5) is 4.79 Å². The minimum Gasteiger partial charge on any atom is -0.373 e. The molecule has 5 nitrogen and oxygen atoms in total. The Labute approximate surface area is 144 Å². The fourth-order valence-electron chi connectivity index (χ4n) is 3.80. The summed E-state index contributed by atoms with van der Waals surface area (Å²) in [5.74, 6) is 0. The van der Waals surface area contributed by atoms with Gasteiger partial charge in [0.05, 0.1) is 6.10 Å². The molecule has 0 unspecified atom stereocenters. The molecule has 1 aliphatic heterocycles. The molecule has 2 N–H and O–H groups in total. The molecule has 2 fully saturated rings. The number of nitrogens with one attached hydrogen (secondary N) is 2. The Morgan fingerprint density at radius 2 is 1.75 bits per heavy atom. The number of amides is 2. The van der Waals surface area contributed by atoms with Gasteiger partial charge in [-0.2, -0.15) is 0 Å². The molecule has 0 aromatic heterocycles. The molecule has 1 aromatic carbocycles. The van der Waals surface area contributed by atoms with Crippen molar-refractivity contribution in [3.05, 3.63) is 35.9 Å². The number of carbonyl (C=O) groups is 1. The molecule has 1 saturated carbocycles. The molecule has 0 spiro atoms. The predicted octanol–water partition coefficient (Wildman–Crippen LogP) is 2.69. The van der Waals surface area contributed by atoms with Crippen LogP contribution in [0, 0.1) is 0 Å². The highest BCUT2D eigenvalue weighted by Crippen LogP contribution is 2.28. The third-order valence-corrected chi connectivity index (χ3v) is 5.26. The Hall–Kier alpha value is -1.59. The quantitative estimate of drug-likeness (QED) is 0.892. The van der Waals surface area contributed by atoms with E-state index in [1.807, 2.05) is 18.2 Å². The van der Waals surface area contributed by atoms with Gasteiger partial charge < -0.3 is 20.3 Å². The van der Waals surface area contributed by atoms with Crippen LogP contribution in [0.1, 0.15) is 43.8 Å². The Kier molecular flexibility index (Phi) is 5.74. The minimum atomic E-state index is -0.0295. The molecule has 1 aromatic rings. The van der Waals surface area contributed by atoms with Crippen molar-refractivity contribution in [2.75, 3.05) is 20.7 Å². The molecule has 24 heavy (non-hydrogen) atoms. The van der Waals surface area contributed by atoms with Gasteiger partial charge in [-0.1, -0.05) is 30.3 Å². The summed E-state index contributed by atoms with van der Waals surface area (Å²) in [4.78, 5) is 14.6. The van der Waals surface area contributed by atoms with E-state index in [1.165, 1.54) is 5.56 Å². The van der Waals surface area contributed by atoms with Crippen LogP contribution in [0.5, 0.6) is 0 Å². The summed E-state index contributed by atoms with van der Waals surface area (Å²) >= 11 is 0. The smallest absolute Gasteiger partial charge is 0.315 e. The average molecular weight is 331 g/mol. The molecule has 4 atom stereocenters. The largest absolute Gasteiger partial charge is 0.373 e. The molecule has 0 bridgehead atoms. The third-order valence-electron chi connectivity index (χ3n) is 5.26. The summed E-state index contributed by atoms with van der Waals surface area (Å²) in [7, 11) is 4.22. The maximum absolute atomic E-state index is 12.3. The zero-order valence-corrected chi connectivity index (χ0v) is 14.7. The summed E-state index contributed by atoms with van der Waals surface area (Å²) < 4.78 is 5.87. The van der Waals surface area contributed by atoms with Gasteiger partial charge in [-0.15, -0.1) is 0 Å². The van der Waals surface area contributed by atoms with Gasteiger partial charge in [0.25, 0.3) is 0 Å². The van der Waals surface area contributed by atoms with Gasteiger partial charge in [-0.25, -0.2) is 4.79 Å². The maximum atomic E-state index is 12.3. The Morgan fingerprint density at radius 1 is 1.04 bits per heavy atom. The van der Waals surface area contributed by atoms with Crippen molar-refractivity contribution in [2.45, 2.75) is 56.3 Å². The van der Waals surface area contributed by atoms with Crippen LogP contribution in [-0.2, 0) is 4.74 Å². The van der Waals surface area contributed by atoms with E-state index in [-0.39, 0.29) is 18.2 Å². The Balaban J connectivity index is 1.46. The van der Waals surface area contributed by atoms with Crippen molar-refractivity contribution >= 4 is 6.03 Å². The zero-order valence-electron chi connectivity index (χ0n) is 14.7. The van der Waals surface area contributed by atoms with E-state index in [0.29, 0.717) is 18.7 Å². The number of benzene rings is 1. The summed E-state index contributed by atoms with van der Waals surface area (Å²) in [5, 5.41) is 6.29. The topological polar surface area (TPSA) is 53.6 Å². The number of ether oxygens (including phenoxy) is 1. The summed E-state index contributed by atoms with van der Waals surface area (Å²) in [6.45, 7) is 0.691. The number of nitrogens with zero attached hydrogens (tertiary/aromatic N) is 1. The Bertz CT molecular complexity index is 535. The van der Waals surface area contributed by atoms with Crippen molar-refractivity contribution in [3.8, 4) is 0 Å². The normalized spacial score (nSPS) is 30.3. The van der Waals surface area contributed by atoms with Gasteiger partial charge in [0, 0.05) is 24.7 Å². The molecule has 1 saturated heterocycles. The van der Waals surface area contributed by atoms with E-state index in [9.17, 15) is 4.79 Å². The van der Waals surface area contributed by atoms with Gasteiger partial charge in [-0.3, -0.25) is 0 Å². The number of hydrogen-bond acceptors (Lipinski definition) is 3. The molecule has 2 amide bonds. The highest BCUT2D eigenvalue weighted by atomic mass is 16.5. The first-order chi connectivity index (χ1) is 11.6. The van der Waals surface area contributed by atoms with Crippen LogP contribution in [0.3, 0.4) is 0 Å². The number of hydrogen-bond donors (Lipinski definition) is 2. The third kappa shape index (κ3) is 4.48. The van der Waals surface area contributed by atoms with Gasteiger partial charge in [-0.05, 0) is 51.8 Å². The zero-order chi connectivity index (χ0) is 16.9. The second-order valence-corrected chi connectivity index (χ2v) is 7.24. The van der Waals surface area contributed by atoms with Crippen LogP contribution >= 0.6 is 0 Å². The van der Waals surface area contributed by atoms with E-state index < -0.39 is 0 Å². The van der Waals surface area contributed by atoms with Crippen LogP contribution in [0.25, 0.3) is 0 Å². The number of urea groups is 1. The first kappa shape index (κ1) is 17.2. The molecule has 3 rings (SSSR count). The minimum absolute atomic E-state index is 0.0295. The van der Waals surface area contributed by atoms with Crippen molar-refractivity contribution < 1.29 is 9.53 Å². The molecule has 0 radical (unpaired) electrons. The second kappa shape index (κ2) is 7.99. The van der Waals surface area contributed by atoms with Crippen LogP contribution in [-0.4, -0.2) is 49.8 Å². The second-order valence-electron chi connectivity index (χ2n) is 7.24. The molecular formula is C19H29N3O2. The van der Waals surface area contributed by atoms with Crippen molar-refractivity contribution in [1.29, 1.82) is 0 Å². The van der Waals surface area contributed by atoms with E-state index in [1.54, 1.807) is 0 Å². The average Bonchev–Trinajstić information content (AvgIpc) is 3.04.